The molecule has 8 heteroatoms. The average molecular weight is 489 g/mol. The molecule has 3 atom stereocenters. The Balaban J connectivity index is 1.63. The molecule has 0 N–H and O–H groups in total. The number of carbonyl (C=O) groups excluding carboxylic acids is 2. The lowest BCUT2D eigenvalue weighted by atomic mass is 9.89. The number of nitrogens with zero attached hydrogens (tertiary/aromatic N) is 2. The molecule has 0 radical (unpaired) electrons. The van der Waals surface area contributed by atoms with Crippen LogP contribution >= 0.6 is 0 Å². The first-order chi connectivity index (χ1) is 17.5. The van der Waals surface area contributed by atoms with Crippen molar-refractivity contribution >= 4 is 23.2 Å². The predicted octanol–water partition coefficient (Wildman–Crippen LogP) is 4.33. The van der Waals surface area contributed by atoms with Crippen molar-refractivity contribution in [2.45, 2.75) is 25.5 Å². The Morgan fingerprint density at radius 2 is 1.47 bits per heavy atom. The standard InChI is InChI=1S/C28H28N2O6/c1-5-17-11-13-18(14-12-17)29-27(31)22-23(20-15-16-21(33-2)25(35-4)24(20)34-3)30(36-26(22)28(29)32)19-9-7-6-8-10-19/h6-16,22-23,26H,5H2,1-4H3/t22-,23-,26+/m0/s1. The average Bonchev–Trinajstić information content (AvgIpc) is 3.43. The monoisotopic (exact) mass is 488 g/mol. The third-order valence-electron chi connectivity index (χ3n) is 6.78. The number of hydrogen-bond donors (Lipinski definition) is 0. The van der Waals surface area contributed by atoms with Crippen LogP contribution < -0.4 is 24.2 Å². The molecule has 0 aromatic heterocycles. The number of ether oxygens (including phenoxy) is 3. The van der Waals surface area contributed by atoms with Crippen molar-refractivity contribution in [2.24, 2.45) is 5.92 Å². The van der Waals surface area contributed by atoms with E-state index in [1.807, 2.05) is 48.5 Å². The summed E-state index contributed by atoms with van der Waals surface area (Å²) in [6.45, 7) is 2.05. The third kappa shape index (κ3) is 3.65. The molecule has 0 unspecified atom stereocenters. The van der Waals surface area contributed by atoms with Gasteiger partial charge in [-0.15, -0.1) is 0 Å². The second-order valence-corrected chi connectivity index (χ2v) is 8.61. The highest BCUT2D eigenvalue weighted by Crippen LogP contribution is 2.52. The number of amides is 2. The van der Waals surface area contributed by atoms with Crippen molar-refractivity contribution in [1.82, 2.24) is 0 Å². The lowest BCUT2D eigenvalue weighted by Crippen LogP contribution is -2.37. The van der Waals surface area contributed by atoms with E-state index in [2.05, 4.69) is 6.92 Å². The molecular weight excluding hydrogens is 460 g/mol. The van der Waals surface area contributed by atoms with Crippen molar-refractivity contribution in [1.29, 1.82) is 0 Å². The molecule has 2 aliphatic heterocycles. The van der Waals surface area contributed by atoms with Gasteiger partial charge in [-0.3, -0.25) is 14.4 Å². The summed E-state index contributed by atoms with van der Waals surface area (Å²) < 4.78 is 16.8. The number of benzene rings is 3. The van der Waals surface area contributed by atoms with Crippen molar-refractivity contribution < 1.29 is 28.6 Å². The van der Waals surface area contributed by atoms with Gasteiger partial charge in [-0.05, 0) is 48.4 Å². The molecule has 186 valence electrons. The van der Waals surface area contributed by atoms with Gasteiger partial charge >= 0.3 is 0 Å². The van der Waals surface area contributed by atoms with Gasteiger partial charge in [-0.2, -0.15) is 0 Å². The molecule has 0 bridgehead atoms. The fourth-order valence-corrected chi connectivity index (χ4v) is 5.02. The number of carbonyl (C=O) groups is 2. The number of fused-ring (bicyclic) bond motifs is 1. The van der Waals surface area contributed by atoms with E-state index in [9.17, 15) is 9.59 Å². The van der Waals surface area contributed by atoms with Gasteiger partial charge in [0.15, 0.2) is 17.6 Å². The van der Waals surface area contributed by atoms with Crippen LogP contribution in [0.25, 0.3) is 0 Å². The summed E-state index contributed by atoms with van der Waals surface area (Å²) in [6, 6.07) is 19.8. The Labute approximate surface area is 209 Å². The zero-order valence-electron chi connectivity index (χ0n) is 20.6. The van der Waals surface area contributed by atoms with Crippen LogP contribution in [0.3, 0.4) is 0 Å². The van der Waals surface area contributed by atoms with E-state index in [0.29, 0.717) is 34.2 Å². The number of aryl methyl sites for hydroxylation is 1. The quantitative estimate of drug-likeness (QED) is 0.458. The molecule has 2 heterocycles. The van der Waals surface area contributed by atoms with E-state index in [-0.39, 0.29) is 5.91 Å². The van der Waals surface area contributed by atoms with Crippen LogP contribution in [0, 0.1) is 5.92 Å². The number of para-hydroxylation sites is 1. The van der Waals surface area contributed by atoms with Gasteiger partial charge in [0.25, 0.3) is 5.91 Å². The van der Waals surface area contributed by atoms with Gasteiger partial charge in [-0.1, -0.05) is 37.3 Å². The second-order valence-electron chi connectivity index (χ2n) is 8.61. The fraction of sp³-hybridized carbons (Fsp3) is 0.286. The molecule has 8 nitrogen and oxygen atoms in total. The molecule has 2 saturated heterocycles. The number of anilines is 2. The van der Waals surface area contributed by atoms with E-state index in [4.69, 9.17) is 19.0 Å². The summed E-state index contributed by atoms with van der Waals surface area (Å²) >= 11 is 0. The number of rotatable bonds is 7. The maximum absolute atomic E-state index is 13.9. The lowest BCUT2D eigenvalue weighted by Gasteiger charge is -2.30. The first-order valence-electron chi connectivity index (χ1n) is 11.8. The van der Waals surface area contributed by atoms with Gasteiger partial charge < -0.3 is 14.2 Å². The van der Waals surface area contributed by atoms with Crippen LogP contribution in [-0.2, 0) is 20.8 Å². The molecule has 3 aromatic carbocycles. The maximum atomic E-state index is 13.9. The molecule has 0 aliphatic carbocycles. The number of methoxy groups -OCH3 is 3. The Bertz CT molecular complexity index is 1280. The molecule has 0 spiro atoms. The van der Waals surface area contributed by atoms with Crippen LogP contribution in [0.5, 0.6) is 17.2 Å². The Hall–Kier alpha value is -4.04. The zero-order chi connectivity index (χ0) is 25.4. The summed E-state index contributed by atoms with van der Waals surface area (Å²) in [5.74, 6) is -0.204. The van der Waals surface area contributed by atoms with Gasteiger partial charge in [0.2, 0.25) is 11.7 Å². The maximum Gasteiger partial charge on any atom is 0.266 e. The molecule has 5 rings (SSSR count). The first-order valence-corrected chi connectivity index (χ1v) is 11.8. The van der Waals surface area contributed by atoms with Gasteiger partial charge in [0.1, 0.15) is 12.0 Å². The molecule has 2 amide bonds. The molecular formula is C28H28N2O6. The minimum absolute atomic E-state index is 0.325. The van der Waals surface area contributed by atoms with Crippen LogP contribution in [0.15, 0.2) is 66.7 Å². The molecule has 36 heavy (non-hydrogen) atoms. The third-order valence-corrected chi connectivity index (χ3v) is 6.78. The van der Waals surface area contributed by atoms with E-state index in [1.165, 1.54) is 19.1 Å². The summed E-state index contributed by atoms with van der Waals surface area (Å²) in [4.78, 5) is 34.9. The number of imide groups is 1. The summed E-state index contributed by atoms with van der Waals surface area (Å²) in [5, 5.41) is 1.63. The van der Waals surface area contributed by atoms with Crippen molar-refractivity contribution in [2.75, 3.05) is 31.3 Å². The number of hydrogen-bond acceptors (Lipinski definition) is 7. The van der Waals surface area contributed by atoms with Crippen molar-refractivity contribution in [3.05, 3.63) is 77.9 Å². The SMILES string of the molecule is CCc1ccc(N2C(=O)[C@@H]3[C@@H](ON(c4ccccc4)[C@H]3c3ccc(OC)c(OC)c3OC)C2=O)cc1. The highest BCUT2D eigenvalue weighted by Gasteiger charge is 2.61. The summed E-state index contributed by atoms with van der Waals surface area (Å²) in [5.41, 5.74) is 3.02. The van der Waals surface area contributed by atoms with Crippen molar-refractivity contribution in [3.8, 4) is 17.2 Å². The highest BCUT2D eigenvalue weighted by molar-refractivity contribution is 6.24. The van der Waals surface area contributed by atoms with Crippen LogP contribution in [0.2, 0.25) is 0 Å². The molecule has 2 aliphatic rings. The van der Waals surface area contributed by atoms with E-state index in [0.717, 1.165) is 12.0 Å². The summed E-state index contributed by atoms with van der Waals surface area (Å²) in [6.07, 6.45) is -0.115. The van der Waals surface area contributed by atoms with Crippen LogP contribution in [0.1, 0.15) is 24.1 Å². The fourth-order valence-electron chi connectivity index (χ4n) is 5.02. The molecule has 0 saturated carbocycles. The zero-order valence-corrected chi connectivity index (χ0v) is 20.6. The number of hydroxylamine groups is 1. The second kappa shape index (κ2) is 9.54. The van der Waals surface area contributed by atoms with Gasteiger partial charge in [-0.25, -0.2) is 9.96 Å². The minimum atomic E-state index is -0.980. The largest absolute Gasteiger partial charge is 0.493 e. The minimum Gasteiger partial charge on any atom is -0.493 e. The van der Waals surface area contributed by atoms with Crippen molar-refractivity contribution in [3.63, 3.8) is 0 Å². The van der Waals surface area contributed by atoms with E-state index < -0.39 is 24.0 Å². The van der Waals surface area contributed by atoms with Gasteiger partial charge in [0.05, 0.1) is 32.7 Å². The predicted molar refractivity (Wildman–Crippen MR) is 134 cm³/mol. The Morgan fingerprint density at radius 3 is 2.08 bits per heavy atom. The van der Waals surface area contributed by atoms with Crippen LogP contribution in [0.4, 0.5) is 11.4 Å². The molecule has 3 aromatic rings. The normalized spacial score (nSPS) is 21.1. The highest BCUT2D eigenvalue weighted by atomic mass is 16.7. The Kier molecular flexibility index (Phi) is 6.28. The van der Waals surface area contributed by atoms with Crippen LogP contribution in [-0.4, -0.2) is 39.2 Å². The Morgan fingerprint density at radius 1 is 0.778 bits per heavy atom. The molecule has 2 fully saturated rings. The lowest BCUT2D eigenvalue weighted by molar-refractivity contribution is -0.126. The van der Waals surface area contributed by atoms with E-state index in [1.54, 1.807) is 30.4 Å². The topological polar surface area (TPSA) is 77.5 Å². The van der Waals surface area contributed by atoms with E-state index >= 15 is 0 Å². The van der Waals surface area contributed by atoms with Gasteiger partial charge in [0, 0.05) is 5.56 Å². The summed E-state index contributed by atoms with van der Waals surface area (Å²) in [7, 11) is 4.60. The smallest absolute Gasteiger partial charge is 0.266 e. The first kappa shape index (κ1) is 23.7.